The lowest BCUT2D eigenvalue weighted by molar-refractivity contribution is 0.462. The molecule has 2 rings (SSSR count). The first-order valence-corrected chi connectivity index (χ1v) is 14.4. The smallest absolute Gasteiger partial charge is 0.125 e. The number of rotatable bonds is 17. The molecule has 0 N–H and O–H groups in total. The van der Waals surface area contributed by atoms with Gasteiger partial charge in [-0.15, -0.1) is 0 Å². The third kappa shape index (κ3) is 8.86. The monoisotopic (exact) mass is 459 g/mol. The Morgan fingerprint density at radius 2 is 1.19 bits per heavy atom. The molecule has 2 aromatic carbocycles. The maximum Gasteiger partial charge on any atom is 0.125 e. The van der Waals surface area contributed by atoms with Crippen LogP contribution in [0.5, 0.6) is 0 Å². The van der Waals surface area contributed by atoms with E-state index in [2.05, 4.69) is 19.9 Å². The van der Waals surface area contributed by atoms with E-state index >= 15 is 0 Å². The van der Waals surface area contributed by atoms with Crippen molar-refractivity contribution in [3.8, 4) is 0 Å². The highest BCUT2D eigenvalue weighted by molar-refractivity contribution is 7.86. The van der Waals surface area contributed by atoms with Gasteiger partial charge >= 0.3 is 0 Å². The maximum absolute atomic E-state index is 12.3. The molecule has 0 radical (unpaired) electrons. The van der Waals surface area contributed by atoms with E-state index in [-0.39, 0.29) is 4.90 Å². The first kappa shape index (κ1) is 26.9. The fourth-order valence-electron chi connectivity index (χ4n) is 4.73. The van der Waals surface area contributed by atoms with Crippen molar-refractivity contribution in [3.63, 3.8) is 0 Å². The molecular formula is C28H43O3S-. The highest BCUT2D eigenvalue weighted by Gasteiger charge is 2.18. The Hall–Kier alpha value is -1.39. The molecule has 0 amide bonds. The average Bonchev–Trinajstić information content (AvgIpc) is 2.76. The van der Waals surface area contributed by atoms with Crippen molar-refractivity contribution >= 4 is 20.9 Å². The van der Waals surface area contributed by atoms with Gasteiger partial charge < -0.3 is 4.55 Å². The predicted octanol–water partition coefficient (Wildman–Crippen LogP) is 8.33. The Balaban J connectivity index is 2.15. The molecule has 0 spiro atoms. The van der Waals surface area contributed by atoms with Gasteiger partial charge in [-0.1, -0.05) is 121 Å². The Kier molecular flexibility index (Phi) is 12.3. The van der Waals surface area contributed by atoms with Crippen LogP contribution in [0.2, 0.25) is 0 Å². The lowest BCUT2D eigenvalue weighted by Gasteiger charge is -2.20. The van der Waals surface area contributed by atoms with E-state index in [0.717, 1.165) is 48.6 Å². The molecule has 0 saturated heterocycles. The highest BCUT2D eigenvalue weighted by atomic mass is 32.2. The summed E-state index contributed by atoms with van der Waals surface area (Å²) in [4.78, 5) is 0.0412. The van der Waals surface area contributed by atoms with E-state index in [1.54, 1.807) is 6.07 Å². The lowest BCUT2D eigenvalue weighted by atomic mass is 9.93. The fourth-order valence-corrected chi connectivity index (χ4v) is 5.72. The summed E-state index contributed by atoms with van der Waals surface area (Å²) in [5.41, 5.74) is 1.86. The number of hydrogen-bond donors (Lipinski definition) is 0. The zero-order valence-electron chi connectivity index (χ0n) is 20.3. The number of hydrogen-bond acceptors (Lipinski definition) is 3. The second-order valence-electron chi connectivity index (χ2n) is 9.26. The van der Waals surface area contributed by atoms with Crippen LogP contribution >= 0.6 is 0 Å². The molecule has 3 nitrogen and oxygen atoms in total. The van der Waals surface area contributed by atoms with E-state index < -0.39 is 10.1 Å². The molecular weight excluding hydrogens is 416 g/mol. The highest BCUT2D eigenvalue weighted by Crippen LogP contribution is 2.32. The minimum absolute atomic E-state index is 0.0412. The minimum atomic E-state index is -4.53. The third-order valence-electron chi connectivity index (χ3n) is 6.53. The molecule has 0 atom stereocenters. The van der Waals surface area contributed by atoms with Crippen molar-refractivity contribution in [2.24, 2.45) is 0 Å². The number of unbranched alkanes of at least 4 members (excludes halogenated alkanes) is 12. The second-order valence-corrected chi connectivity index (χ2v) is 10.6. The van der Waals surface area contributed by atoms with Crippen molar-refractivity contribution < 1.29 is 13.0 Å². The van der Waals surface area contributed by atoms with E-state index in [9.17, 15) is 13.0 Å². The molecule has 0 unspecified atom stereocenters. The zero-order chi connectivity index (χ0) is 23.2. The van der Waals surface area contributed by atoms with Crippen molar-refractivity contribution in [1.29, 1.82) is 0 Å². The first-order chi connectivity index (χ1) is 15.5. The van der Waals surface area contributed by atoms with Gasteiger partial charge in [0.05, 0.1) is 4.90 Å². The Morgan fingerprint density at radius 3 is 1.75 bits per heavy atom. The van der Waals surface area contributed by atoms with Crippen LogP contribution in [0.1, 0.15) is 115 Å². The predicted molar refractivity (Wildman–Crippen MR) is 135 cm³/mol. The molecule has 180 valence electrons. The quantitative estimate of drug-likeness (QED) is 0.176. The van der Waals surface area contributed by atoms with Crippen molar-refractivity contribution in [2.75, 3.05) is 0 Å². The van der Waals surface area contributed by atoms with Gasteiger partial charge in [-0.3, -0.25) is 0 Å². The number of aryl methyl sites for hydroxylation is 1. The third-order valence-corrected chi connectivity index (χ3v) is 7.49. The molecule has 32 heavy (non-hydrogen) atoms. The van der Waals surface area contributed by atoms with Gasteiger partial charge in [0.2, 0.25) is 0 Å². The molecule has 0 bridgehead atoms. The molecule has 2 aromatic rings. The number of benzene rings is 2. The molecule has 0 saturated carbocycles. The van der Waals surface area contributed by atoms with Crippen LogP contribution in [0.3, 0.4) is 0 Å². The Labute approximate surface area is 196 Å². The lowest BCUT2D eigenvalue weighted by Crippen LogP contribution is -2.09. The maximum atomic E-state index is 12.3. The van der Waals surface area contributed by atoms with Crippen molar-refractivity contribution in [3.05, 3.63) is 41.5 Å². The van der Waals surface area contributed by atoms with Crippen molar-refractivity contribution in [2.45, 2.75) is 121 Å². The summed E-state index contributed by atoms with van der Waals surface area (Å²) in [5, 5.41) is 1.45. The zero-order valence-corrected chi connectivity index (χ0v) is 21.1. The summed E-state index contributed by atoms with van der Waals surface area (Å²) in [7, 11) is -4.53. The van der Waals surface area contributed by atoms with Crippen LogP contribution in [0.4, 0.5) is 0 Å². The molecule has 0 fully saturated rings. The van der Waals surface area contributed by atoms with Gasteiger partial charge in [-0.05, 0) is 47.6 Å². The van der Waals surface area contributed by atoms with E-state index in [4.69, 9.17) is 0 Å². The normalized spacial score (nSPS) is 12.0. The van der Waals surface area contributed by atoms with E-state index in [1.165, 1.54) is 64.2 Å². The van der Waals surface area contributed by atoms with Crippen LogP contribution in [-0.4, -0.2) is 13.0 Å². The SMILES string of the molecule is CCCCCCCCCc1cc2ccccc2c(S(=O)(=O)[O-])c1CCCCCCCCC. The molecule has 0 aromatic heterocycles. The first-order valence-electron chi connectivity index (χ1n) is 13.0. The minimum Gasteiger partial charge on any atom is -0.744 e. The van der Waals surface area contributed by atoms with Gasteiger partial charge in [0.1, 0.15) is 10.1 Å². The molecule has 0 aliphatic carbocycles. The summed E-state index contributed by atoms with van der Waals surface area (Å²) >= 11 is 0. The van der Waals surface area contributed by atoms with Gasteiger partial charge in [0.25, 0.3) is 0 Å². The molecule has 0 aliphatic rings. The topological polar surface area (TPSA) is 57.2 Å². The van der Waals surface area contributed by atoms with Crippen molar-refractivity contribution in [1.82, 2.24) is 0 Å². The van der Waals surface area contributed by atoms with Crippen LogP contribution < -0.4 is 0 Å². The summed E-state index contributed by atoms with van der Waals surface area (Å²) in [5.74, 6) is 0. The van der Waals surface area contributed by atoms with Crippen LogP contribution in [0.15, 0.2) is 35.2 Å². The summed E-state index contributed by atoms with van der Waals surface area (Å²) in [6.45, 7) is 4.45. The fraction of sp³-hybridized carbons (Fsp3) is 0.643. The Bertz CT molecular complexity index is 902. The van der Waals surface area contributed by atoms with Crippen LogP contribution in [-0.2, 0) is 23.0 Å². The van der Waals surface area contributed by atoms with Gasteiger partial charge in [0.15, 0.2) is 0 Å². The largest absolute Gasteiger partial charge is 0.744 e. The van der Waals surface area contributed by atoms with Crippen LogP contribution in [0, 0.1) is 0 Å². The molecule has 0 heterocycles. The Morgan fingerprint density at radius 1 is 0.688 bits per heavy atom. The molecule has 4 heteroatoms. The number of fused-ring (bicyclic) bond motifs is 1. The van der Waals surface area contributed by atoms with Gasteiger partial charge in [-0.25, -0.2) is 8.42 Å². The average molecular weight is 460 g/mol. The second kappa shape index (κ2) is 14.7. The van der Waals surface area contributed by atoms with Gasteiger partial charge in [-0.2, -0.15) is 0 Å². The summed E-state index contributed by atoms with van der Waals surface area (Å²) in [6, 6.07) is 9.58. The summed E-state index contributed by atoms with van der Waals surface area (Å²) < 4.78 is 37.0. The van der Waals surface area contributed by atoms with Crippen LogP contribution in [0.25, 0.3) is 10.8 Å². The van der Waals surface area contributed by atoms with E-state index in [1.807, 2.05) is 18.2 Å². The standard InChI is InChI=1S/C28H44O3S/c1-3-5-7-9-11-13-15-19-24-23-25-20-17-18-22-27(25)28(32(29,30)31)26(24)21-16-14-12-10-8-6-4-2/h17-18,20,22-23H,3-16,19,21H2,1-2H3,(H,29,30,31)/p-1. The molecule has 0 aliphatic heterocycles. The van der Waals surface area contributed by atoms with E-state index in [0.29, 0.717) is 11.8 Å². The summed E-state index contributed by atoms with van der Waals surface area (Å²) in [6.07, 6.45) is 18.4. The van der Waals surface area contributed by atoms with Gasteiger partial charge in [0, 0.05) is 0 Å².